The topological polar surface area (TPSA) is 63.6 Å². The van der Waals surface area contributed by atoms with Crippen LogP contribution in [0.25, 0.3) is 0 Å². The number of ether oxygens (including phenoxy) is 1. The molecule has 0 aliphatic carbocycles. The Kier molecular flexibility index (Phi) is 7.99. The average Bonchev–Trinajstić information content (AvgIpc) is 2.16. The van der Waals surface area contributed by atoms with E-state index in [4.69, 9.17) is 9.84 Å². The van der Waals surface area contributed by atoms with Gasteiger partial charge in [-0.25, -0.2) is 4.79 Å². The third-order valence-corrected chi connectivity index (χ3v) is 2.29. The molecule has 0 spiro atoms. The van der Waals surface area contributed by atoms with Crippen LogP contribution < -0.4 is 0 Å². The number of rotatable bonds is 7. The molecule has 0 bridgehead atoms. The standard InChI is InChI=1S/C10H15BrO4/c1-2-15-10(14)8(11)6-4-3-5-7-9(12)13/h6H,2-5,7H2,1H3,(H,12,13)/b8-6-. The maximum Gasteiger partial charge on any atom is 0.344 e. The van der Waals surface area contributed by atoms with Gasteiger partial charge in [-0.15, -0.1) is 0 Å². The van der Waals surface area contributed by atoms with Gasteiger partial charge in [0.05, 0.1) is 11.1 Å². The number of hydrogen-bond donors (Lipinski definition) is 1. The minimum absolute atomic E-state index is 0.171. The second kappa shape index (κ2) is 8.47. The van der Waals surface area contributed by atoms with Crippen LogP contribution in [0.5, 0.6) is 0 Å². The zero-order chi connectivity index (χ0) is 11.7. The van der Waals surface area contributed by atoms with E-state index in [1.54, 1.807) is 13.0 Å². The van der Waals surface area contributed by atoms with E-state index in [0.717, 1.165) is 6.42 Å². The highest BCUT2D eigenvalue weighted by Gasteiger charge is 2.05. The first-order chi connectivity index (χ1) is 7.07. The molecule has 0 atom stereocenters. The van der Waals surface area contributed by atoms with E-state index in [1.165, 1.54) is 0 Å². The summed E-state index contributed by atoms with van der Waals surface area (Å²) < 4.78 is 5.15. The third-order valence-electron chi connectivity index (χ3n) is 1.64. The molecule has 0 aromatic heterocycles. The van der Waals surface area contributed by atoms with Crippen molar-refractivity contribution in [1.29, 1.82) is 0 Å². The Morgan fingerprint density at radius 2 is 2.07 bits per heavy atom. The van der Waals surface area contributed by atoms with Crippen LogP contribution >= 0.6 is 15.9 Å². The predicted octanol–water partition coefficient (Wildman–Crippen LogP) is 2.47. The number of carbonyl (C=O) groups is 2. The number of carbonyl (C=O) groups excluding carboxylic acids is 1. The molecule has 0 radical (unpaired) electrons. The number of aliphatic carboxylic acids is 1. The molecule has 4 nitrogen and oxygen atoms in total. The molecule has 5 heteroatoms. The van der Waals surface area contributed by atoms with Crippen molar-refractivity contribution in [3.8, 4) is 0 Å². The molecule has 0 aliphatic rings. The summed E-state index contributed by atoms with van der Waals surface area (Å²) in [5.74, 6) is -1.17. The van der Waals surface area contributed by atoms with E-state index in [0.29, 0.717) is 23.9 Å². The smallest absolute Gasteiger partial charge is 0.344 e. The van der Waals surface area contributed by atoms with Gasteiger partial charge in [0.2, 0.25) is 0 Å². The molecule has 0 rings (SSSR count). The van der Waals surface area contributed by atoms with Gasteiger partial charge in [0.1, 0.15) is 0 Å². The molecular weight excluding hydrogens is 264 g/mol. The van der Waals surface area contributed by atoms with Crippen molar-refractivity contribution in [2.24, 2.45) is 0 Å². The Bertz CT molecular complexity index is 248. The minimum Gasteiger partial charge on any atom is -0.481 e. The maximum absolute atomic E-state index is 11.1. The Morgan fingerprint density at radius 3 is 2.60 bits per heavy atom. The zero-order valence-corrected chi connectivity index (χ0v) is 10.2. The largest absolute Gasteiger partial charge is 0.481 e. The van der Waals surface area contributed by atoms with E-state index in [2.05, 4.69) is 15.9 Å². The first-order valence-corrected chi connectivity index (χ1v) is 5.61. The number of allylic oxidation sites excluding steroid dienone is 1. The molecule has 15 heavy (non-hydrogen) atoms. The van der Waals surface area contributed by atoms with Crippen molar-refractivity contribution in [2.75, 3.05) is 6.61 Å². The molecule has 1 N–H and O–H groups in total. The van der Waals surface area contributed by atoms with E-state index >= 15 is 0 Å². The summed E-state index contributed by atoms with van der Waals surface area (Å²) in [6, 6.07) is 0. The summed E-state index contributed by atoms with van der Waals surface area (Å²) in [5.41, 5.74) is 0. The summed E-state index contributed by atoms with van der Waals surface area (Å²) in [6.45, 7) is 2.09. The van der Waals surface area contributed by atoms with Crippen molar-refractivity contribution in [1.82, 2.24) is 0 Å². The Morgan fingerprint density at radius 1 is 1.40 bits per heavy atom. The fourth-order valence-electron chi connectivity index (χ4n) is 0.933. The van der Waals surface area contributed by atoms with Crippen molar-refractivity contribution >= 4 is 27.9 Å². The van der Waals surface area contributed by atoms with Gasteiger partial charge in [0.15, 0.2) is 0 Å². The summed E-state index contributed by atoms with van der Waals surface area (Å²) >= 11 is 3.10. The lowest BCUT2D eigenvalue weighted by Gasteiger charge is -1.99. The van der Waals surface area contributed by atoms with Crippen LogP contribution in [-0.4, -0.2) is 23.7 Å². The number of unbranched alkanes of at least 4 members (excludes halogenated alkanes) is 2. The number of hydrogen-bond acceptors (Lipinski definition) is 3. The summed E-state index contributed by atoms with van der Waals surface area (Å²) in [4.78, 5) is 21.3. The summed E-state index contributed by atoms with van der Waals surface area (Å²) in [7, 11) is 0. The highest BCUT2D eigenvalue weighted by Crippen LogP contribution is 2.11. The molecule has 0 saturated carbocycles. The van der Waals surface area contributed by atoms with Gasteiger partial charge in [-0.3, -0.25) is 4.79 Å². The van der Waals surface area contributed by atoms with Gasteiger partial charge >= 0.3 is 11.9 Å². The highest BCUT2D eigenvalue weighted by atomic mass is 79.9. The molecule has 0 amide bonds. The fraction of sp³-hybridized carbons (Fsp3) is 0.600. The number of carboxylic acids is 1. The Balaban J connectivity index is 3.66. The number of esters is 1. The van der Waals surface area contributed by atoms with Crippen LogP contribution in [0.15, 0.2) is 10.6 Å². The van der Waals surface area contributed by atoms with Gasteiger partial charge in [-0.05, 0) is 42.1 Å². The fourth-order valence-corrected chi connectivity index (χ4v) is 1.28. The average molecular weight is 279 g/mol. The van der Waals surface area contributed by atoms with Gasteiger partial charge in [0, 0.05) is 6.42 Å². The zero-order valence-electron chi connectivity index (χ0n) is 8.66. The first kappa shape index (κ1) is 14.2. The SMILES string of the molecule is CCOC(=O)/C(Br)=C/CCCCC(=O)O. The van der Waals surface area contributed by atoms with Crippen molar-refractivity contribution in [3.05, 3.63) is 10.6 Å². The lowest BCUT2D eigenvalue weighted by Crippen LogP contribution is -2.03. The molecule has 0 heterocycles. The number of halogens is 1. The monoisotopic (exact) mass is 278 g/mol. The Labute approximate surface area is 97.4 Å². The molecule has 0 fully saturated rings. The van der Waals surface area contributed by atoms with Crippen molar-refractivity contribution < 1.29 is 19.4 Å². The van der Waals surface area contributed by atoms with Crippen LogP contribution in [0.1, 0.15) is 32.6 Å². The van der Waals surface area contributed by atoms with Crippen LogP contribution in [0.2, 0.25) is 0 Å². The van der Waals surface area contributed by atoms with Crippen LogP contribution in [0.3, 0.4) is 0 Å². The lowest BCUT2D eigenvalue weighted by molar-refractivity contribution is -0.138. The quantitative estimate of drug-likeness (QED) is 0.442. The van der Waals surface area contributed by atoms with Gasteiger partial charge in [0.25, 0.3) is 0 Å². The van der Waals surface area contributed by atoms with Crippen LogP contribution in [0.4, 0.5) is 0 Å². The maximum atomic E-state index is 11.1. The lowest BCUT2D eigenvalue weighted by atomic mass is 10.2. The van der Waals surface area contributed by atoms with Crippen molar-refractivity contribution in [2.45, 2.75) is 32.6 Å². The van der Waals surface area contributed by atoms with E-state index < -0.39 is 5.97 Å². The molecule has 0 unspecified atom stereocenters. The Hall–Kier alpha value is -0.840. The van der Waals surface area contributed by atoms with E-state index in [-0.39, 0.29) is 12.4 Å². The second-order valence-electron chi connectivity index (χ2n) is 2.91. The molecular formula is C10H15BrO4. The highest BCUT2D eigenvalue weighted by molar-refractivity contribution is 9.12. The number of carboxylic acid groups (broad SMARTS) is 1. The summed E-state index contributed by atoms with van der Waals surface area (Å²) in [6.07, 6.45) is 3.92. The van der Waals surface area contributed by atoms with Gasteiger partial charge in [-0.2, -0.15) is 0 Å². The molecule has 0 aromatic rings. The van der Waals surface area contributed by atoms with Crippen molar-refractivity contribution in [3.63, 3.8) is 0 Å². The molecule has 86 valence electrons. The van der Waals surface area contributed by atoms with E-state index in [1.807, 2.05) is 0 Å². The van der Waals surface area contributed by atoms with Crippen LogP contribution in [0, 0.1) is 0 Å². The normalized spacial score (nSPS) is 11.2. The molecule has 0 saturated heterocycles. The predicted molar refractivity (Wildman–Crippen MR) is 59.7 cm³/mol. The van der Waals surface area contributed by atoms with Gasteiger partial charge < -0.3 is 9.84 Å². The molecule has 0 aliphatic heterocycles. The second-order valence-corrected chi connectivity index (χ2v) is 3.77. The minimum atomic E-state index is -0.788. The third kappa shape index (κ3) is 8.17. The van der Waals surface area contributed by atoms with Gasteiger partial charge in [-0.1, -0.05) is 6.08 Å². The van der Waals surface area contributed by atoms with E-state index in [9.17, 15) is 9.59 Å². The molecule has 0 aromatic carbocycles. The summed E-state index contributed by atoms with van der Waals surface area (Å²) in [5, 5.41) is 8.38. The first-order valence-electron chi connectivity index (χ1n) is 4.82. The van der Waals surface area contributed by atoms with Crippen LogP contribution in [-0.2, 0) is 14.3 Å².